The molecular weight excluding hydrogens is 384 g/mol. The first kappa shape index (κ1) is 19.5. The van der Waals surface area contributed by atoms with Crippen LogP contribution in [0, 0.1) is 17.0 Å². The number of nitrogens with zero attached hydrogens (tertiary/aromatic N) is 3. The van der Waals surface area contributed by atoms with Crippen LogP contribution in [-0.2, 0) is 6.54 Å². The maximum atomic E-state index is 12.8. The van der Waals surface area contributed by atoms with E-state index in [0.717, 1.165) is 17.8 Å². The summed E-state index contributed by atoms with van der Waals surface area (Å²) in [6.07, 6.45) is 2.27. The number of methoxy groups -OCH3 is 1. The smallest absolute Gasteiger partial charge is 0.271 e. The quantitative estimate of drug-likeness (QED) is 0.499. The van der Waals surface area contributed by atoms with Crippen LogP contribution in [0.1, 0.15) is 28.6 Å². The first-order chi connectivity index (χ1) is 13.4. The van der Waals surface area contributed by atoms with E-state index in [1.807, 2.05) is 6.92 Å². The predicted octanol–water partition coefficient (Wildman–Crippen LogP) is 3.35. The Morgan fingerprint density at radius 1 is 1.43 bits per heavy atom. The predicted molar refractivity (Wildman–Crippen MR) is 107 cm³/mol. The minimum absolute atomic E-state index is 0.173. The van der Waals surface area contributed by atoms with E-state index >= 15 is 0 Å². The first-order valence-corrected chi connectivity index (χ1v) is 9.31. The molecule has 0 atom stereocenters. The molecule has 3 aromatic rings. The van der Waals surface area contributed by atoms with Crippen molar-refractivity contribution >= 4 is 38.8 Å². The van der Waals surface area contributed by atoms with Crippen LogP contribution < -0.4 is 15.6 Å². The van der Waals surface area contributed by atoms with Crippen molar-refractivity contribution in [3.8, 4) is 5.75 Å². The van der Waals surface area contributed by atoms with Gasteiger partial charge in [-0.15, -0.1) is 11.3 Å². The summed E-state index contributed by atoms with van der Waals surface area (Å²) in [6.45, 7) is 4.20. The topological polar surface area (TPSA) is 116 Å². The number of hydrogen-bond acceptors (Lipinski definition) is 7. The molecule has 2 aromatic heterocycles. The zero-order valence-electron chi connectivity index (χ0n) is 15.5. The molecule has 10 heteroatoms. The average Bonchev–Trinajstić information content (AvgIpc) is 3.01. The van der Waals surface area contributed by atoms with Gasteiger partial charge in [-0.2, -0.15) is 0 Å². The van der Waals surface area contributed by atoms with Gasteiger partial charge < -0.3 is 10.1 Å². The monoisotopic (exact) mass is 402 g/mol. The Kier molecular flexibility index (Phi) is 5.41. The molecular formula is C18H18N4O5S. The van der Waals surface area contributed by atoms with Crippen molar-refractivity contribution in [2.75, 3.05) is 12.4 Å². The van der Waals surface area contributed by atoms with Crippen molar-refractivity contribution in [2.24, 2.45) is 0 Å². The van der Waals surface area contributed by atoms with E-state index in [9.17, 15) is 19.7 Å². The number of anilines is 1. The standard InChI is InChI=1S/C18H18N4O5S/c1-4-7-21-9-19-17-14(18(21)24)10(2)15(28-17)16(23)20-12-8-11(22(25)26)5-6-13(12)27-3/h5-6,8-9H,4,7H2,1-3H3,(H,20,23). The summed E-state index contributed by atoms with van der Waals surface area (Å²) >= 11 is 1.10. The lowest BCUT2D eigenvalue weighted by molar-refractivity contribution is -0.384. The van der Waals surface area contributed by atoms with Gasteiger partial charge in [0.25, 0.3) is 17.2 Å². The van der Waals surface area contributed by atoms with Gasteiger partial charge in [-0.25, -0.2) is 4.98 Å². The van der Waals surface area contributed by atoms with Gasteiger partial charge in [0.15, 0.2) is 0 Å². The fourth-order valence-corrected chi connectivity index (χ4v) is 3.90. The Morgan fingerprint density at radius 3 is 2.82 bits per heavy atom. The molecule has 0 unspecified atom stereocenters. The molecule has 3 rings (SSSR count). The van der Waals surface area contributed by atoms with E-state index < -0.39 is 10.8 Å². The summed E-state index contributed by atoms with van der Waals surface area (Å²) in [5, 5.41) is 14.1. The lowest BCUT2D eigenvalue weighted by atomic mass is 10.2. The summed E-state index contributed by atoms with van der Waals surface area (Å²) in [7, 11) is 1.40. The third-order valence-electron chi connectivity index (χ3n) is 4.23. The lowest BCUT2D eigenvalue weighted by Gasteiger charge is -2.09. The lowest BCUT2D eigenvalue weighted by Crippen LogP contribution is -2.20. The minimum atomic E-state index is -0.556. The van der Waals surface area contributed by atoms with Crippen LogP contribution in [0.3, 0.4) is 0 Å². The molecule has 146 valence electrons. The first-order valence-electron chi connectivity index (χ1n) is 8.49. The molecule has 0 aliphatic heterocycles. The van der Waals surface area contributed by atoms with Crippen molar-refractivity contribution in [3.05, 3.63) is 55.4 Å². The molecule has 0 fully saturated rings. The van der Waals surface area contributed by atoms with Crippen molar-refractivity contribution in [3.63, 3.8) is 0 Å². The number of non-ortho nitro benzene ring substituents is 1. The number of nitro benzene ring substituents is 1. The van der Waals surface area contributed by atoms with E-state index in [4.69, 9.17) is 4.74 Å². The molecule has 0 spiro atoms. The molecule has 0 saturated heterocycles. The second kappa shape index (κ2) is 7.77. The van der Waals surface area contributed by atoms with Crippen molar-refractivity contribution in [1.82, 2.24) is 9.55 Å². The van der Waals surface area contributed by atoms with Crippen molar-refractivity contribution < 1.29 is 14.5 Å². The van der Waals surface area contributed by atoms with E-state index in [1.165, 1.54) is 36.2 Å². The average molecular weight is 402 g/mol. The number of aromatic nitrogens is 2. The minimum Gasteiger partial charge on any atom is -0.495 e. The molecule has 1 N–H and O–H groups in total. The van der Waals surface area contributed by atoms with Gasteiger partial charge in [0.05, 0.1) is 34.3 Å². The van der Waals surface area contributed by atoms with Crippen molar-refractivity contribution in [2.45, 2.75) is 26.8 Å². The van der Waals surface area contributed by atoms with E-state index in [1.54, 1.807) is 6.92 Å². The molecule has 0 aliphatic carbocycles. The summed E-state index contributed by atoms with van der Waals surface area (Å²) in [4.78, 5) is 41.0. The highest BCUT2D eigenvalue weighted by Crippen LogP contribution is 2.32. The number of ether oxygens (including phenoxy) is 1. The SMILES string of the molecule is CCCn1cnc2sc(C(=O)Nc3cc([N+](=O)[O-])ccc3OC)c(C)c2c1=O. The van der Waals surface area contributed by atoms with Gasteiger partial charge in [0.2, 0.25) is 0 Å². The zero-order chi connectivity index (χ0) is 20.4. The summed E-state index contributed by atoms with van der Waals surface area (Å²) in [5.74, 6) is -0.193. The number of hydrogen-bond donors (Lipinski definition) is 1. The number of nitrogens with one attached hydrogen (secondary N) is 1. The summed E-state index contributed by atoms with van der Waals surface area (Å²) in [5.41, 5.74) is 0.348. The highest BCUT2D eigenvalue weighted by molar-refractivity contribution is 7.20. The van der Waals surface area contributed by atoms with Crippen LogP contribution in [0.5, 0.6) is 5.75 Å². The van der Waals surface area contributed by atoms with Crippen molar-refractivity contribution in [1.29, 1.82) is 0 Å². The number of thiophene rings is 1. The highest BCUT2D eigenvalue weighted by Gasteiger charge is 2.21. The highest BCUT2D eigenvalue weighted by atomic mass is 32.1. The largest absolute Gasteiger partial charge is 0.495 e. The third kappa shape index (κ3) is 3.46. The molecule has 0 bridgehead atoms. The van der Waals surface area contributed by atoms with Crippen LogP contribution >= 0.6 is 11.3 Å². The Hall–Kier alpha value is -3.27. The third-order valence-corrected chi connectivity index (χ3v) is 5.43. The molecule has 2 heterocycles. The van der Waals surface area contributed by atoms with Gasteiger partial charge in [0, 0.05) is 18.7 Å². The number of fused-ring (bicyclic) bond motifs is 1. The van der Waals surface area contributed by atoms with E-state index in [2.05, 4.69) is 10.3 Å². The Labute approximate surface area is 163 Å². The zero-order valence-corrected chi connectivity index (χ0v) is 16.3. The van der Waals surface area contributed by atoms with Crippen LogP contribution in [0.25, 0.3) is 10.2 Å². The van der Waals surface area contributed by atoms with Crippen LogP contribution in [-0.4, -0.2) is 27.5 Å². The van der Waals surface area contributed by atoms with Gasteiger partial charge in [-0.3, -0.25) is 24.3 Å². The number of carbonyl (C=O) groups is 1. The second-order valence-corrected chi connectivity index (χ2v) is 7.07. The maximum Gasteiger partial charge on any atom is 0.271 e. The van der Waals surface area contributed by atoms with Gasteiger partial charge in [-0.05, 0) is 25.0 Å². The number of carbonyl (C=O) groups excluding carboxylic acids is 1. The second-order valence-electron chi connectivity index (χ2n) is 6.08. The van der Waals surface area contributed by atoms with Gasteiger partial charge in [-0.1, -0.05) is 6.92 Å². The molecule has 9 nitrogen and oxygen atoms in total. The van der Waals surface area contributed by atoms with Gasteiger partial charge >= 0.3 is 0 Å². The number of nitro groups is 1. The number of aryl methyl sites for hydroxylation is 2. The summed E-state index contributed by atoms with van der Waals surface area (Å²) in [6, 6.07) is 3.93. The fraction of sp³-hybridized carbons (Fsp3) is 0.278. The van der Waals surface area contributed by atoms with Gasteiger partial charge in [0.1, 0.15) is 10.6 Å². The normalized spacial score (nSPS) is 10.8. The van der Waals surface area contributed by atoms with E-state index in [-0.39, 0.29) is 16.9 Å². The van der Waals surface area contributed by atoms with Crippen LogP contribution in [0.15, 0.2) is 29.3 Å². The molecule has 1 amide bonds. The Balaban J connectivity index is 2.02. The molecule has 28 heavy (non-hydrogen) atoms. The van der Waals surface area contributed by atoms with Crippen LogP contribution in [0.2, 0.25) is 0 Å². The number of benzene rings is 1. The Bertz CT molecular complexity index is 1130. The molecule has 0 aliphatic rings. The molecule has 0 radical (unpaired) electrons. The van der Waals surface area contributed by atoms with E-state index in [0.29, 0.717) is 33.0 Å². The molecule has 1 aromatic carbocycles. The molecule has 0 saturated carbocycles. The Morgan fingerprint density at radius 2 is 2.18 bits per heavy atom. The maximum absolute atomic E-state index is 12.8. The summed E-state index contributed by atoms with van der Waals surface area (Å²) < 4.78 is 6.69. The number of amides is 1. The van der Waals surface area contributed by atoms with Crippen LogP contribution in [0.4, 0.5) is 11.4 Å². The fourth-order valence-electron chi connectivity index (χ4n) is 2.86. The number of rotatable bonds is 6.